The Morgan fingerprint density at radius 2 is 1.96 bits per heavy atom. The van der Waals surface area contributed by atoms with Gasteiger partial charge in [0.1, 0.15) is 10.8 Å². The molecule has 3 aromatic rings. The minimum Gasteiger partial charge on any atom is -0.383 e. The summed E-state index contributed by atoms with van der Waals surface area (Å²) in [6.45, 7) is 4.27. The van der Waals surface area contributed by atoms with Crippen LogP contribution in [0, 0.1) is 5.82 Å². The van der Waals surface area contributed by atoms with Crippen molar-refractivity contribution in [1.29, 1.82) is 0 Å². The third-order valence-electron chi connectivity index (χ3n) is 3.91. The molecule has 2 aromatic carbocycles. The zero-order chi connectivity index (χ0) is 19.2. The van der Waals surface area contributed by atoms with Crippen molar-refractivity contribution in [3.63, 3.8) is 0 Å². The van der Waals surface area contributed by atoms with Crippen molar-refractivity contribution in [1.82, 2.24) is 10.2 Å². The van der Waals surface area contributed by atoms with Crippen LogP contribution in [-0.2, 0) is 4.74 Å². The van der Waals surface area contributed by atoms with E-state index in [1.807, 2.05) is 24.3 Å². The summed E-state index contributed by atoms with van der Waals surface area (Å²) in [4.78, 5) is 14.2. The maximum absolute atomic E-state index is 14.1. The number of rotatable bonds is 7. The fourth-order valence-electron chi connectivity index (χ4n) is 2.45. The molecule has 0 radical (unpaired) electrons. The number of ether oxygens (including phenoxy) is 1. The van der Waals surface area contributed by atoms with Crippen molar-refractivity contribution in [2.75, 3.05) is 25.2 Å². The molecule has 27 heavy (non-hydrogen) atoms. The first-order valence-electron chi connectivity index (χ1n) is 8.25. The number of hydrogen-bond donors (Lipinski definition) is 0. The molecule has 0 saturated heterocycles. The molecule has 1 heterocycles. The van der Waals surface area contributed by atoms with Gasteiger partial charge in [0.2, 0.25) is 5.13 Å². The van der Waals surface area contributed by atoms with Gasteiger partial charge in [0, 0.05) is 12.7 Å². The van der Waals surface area contributed by atoms with Gasteiger partial charge in [-0.2, -0.15) is 0 Å². The van der Waals surface area contributed by atoms with Gasteiger partial charge >= 0.3 is 0 Å². The Kier molecular flexibility index (Phi) is 6.05. The van der Waals surface area contributed by atoms with Crippen molar-refractivity contribution in [2.45, 2.75) is 0 Å². The fourth-order valence-corrected chi connectivity index (χ4v) is 3.32. The van der Waals surface area contributed by atoms with E-state index in [2.05, 4.69) is 16.8 Å². The number of anilines is 1. The van der Waals surface area contributed by atoms with E-state index in [9.17, 15) is 9.18 Å². The fraction of sp³-hybridized carbons (Fsp3) is 0.150. The zero-order valence-electron chi connectivity index (χ0n) is 14.8. The van der Waals surface area contributed by atoms with Gasteiger partial charge in [-0.05, 0) is 17.7 Å². The van der Waals surface area contributed by atoms with E-state index >= 15 is 0 Å². The smallest absolute Gasteiger partial charge is 0.263 e. The Morgan fingerprint density at radius 1 is 1.22 bits per heavy atom. The van der Waals surface area contributed by atoms with Gasteiger partial charge in [-0.15, -0.1) is 10.2 Å². The highest BCUT2D eigenvalue weighted by Gasteiger charge is 2.24. The van der Waals surface area contributed by atoms with Crippen LogP contribution in [-0.4, -0.2) is 36.4 Å². The van der Waals surface area contributed by atoms with Crippen LogP contribution >= 0.6 is 11.3 Å². The Labute approximate surface area is 160 Å². The summed E-state index contributed by atoms with van der Waals surface area (Å²) in [6, 6.07) is 13.6. The molecule has 0 bridgehead atoms. The number of amides is 1. The van der Waals surface area contributed by atoms with Crippen LogP contribution in [0.4, 0.5) is 9.52 Å². The zero-order valence-corrected chi connectivity index (χ0v) is 15.6. The van der Waals surface area contributed by atoms with Crippen LogP contribution in [0.5, 0.6) is 0 Å². The quantitative estimate of drug-likeness (QED) is 0.611. The molecule has 0 fully saturated rings. The first kappa shape index (κ1) is 18.9. The van der Waals surface area contributed by atoms with Crippen molar-refractivity contribution in [3.05, 3.63) is 72.1 Å². The molecule has 0 N–H and O–H groups in total. The third kappa shape index (κ3) is 4.27. The van der Waals surface area contributed by atoms with Crippen LogP contribution in [0.25, 0.3) is 16.6 Å². The number of carbonyl (C=O) groups is 1. The summed E-state index contributed by atoms with van der Waals surface area (Å²) in [7, 11) is 1.54. The number of aromatic nitrogens is 2. The molecule has 1 aromatic heterocycles. The molecule has 138 valence electrons. The van der Waals surface area contributed by atoms with E-state index in [-0.39, 0.29) is 12.1 Å². The molecule has 1 amide bonds. The Morgan fingerprint density at radius 3 is 2.63 bits per heavy atom. The van der Waals surface area contributed by atoms with E-state index in [0.29, 0.717) is 16.7 Å². The van der Waals surface area contributed by atoms with Gasteiger partial charge in [0.15, 0.2) is 0 Å². The van der Waals surface area contributed by atoms with Gasteiger partial charge < -0.3 is 4.74 Å². The molecular formula is C20H18FN3O2S. The molecular weight excluding hydrogens is 365 g/mol. The SMILES string of the molecule is C=Cc1ccc(-c2nnc(N(CCOC)C(=O)c3ccccc3F)s2)cc1. The lowest BCUT2D eigenvalue weighted by atomic mass is 10.1. The van der Waals surface area contributed by atoms with Crippen LogP contribution < -0.4 is 4.90 Å². The lowest BCUT2D eigenvalue weighted by Gasteiger charge is -2.19. The normalized spacial score (nSPS) is 10.6. The van der Waals surface area contributed by atoms with Crippen LogP contribution in [0.2, 0.25) is 0 Å². The number of methoxy groups -OCH3 is 1. The van der Waals surface area contributed by atoms with E-state index < -0.39 is 11.7 Å². The molecule has 5 nitrogen and oxygen atoms in total. The van der Waals surface area contributed by atoms with Crippen molar-refractivity contribution in [3.8, 4) is 10.6 Å². The molecule has 0 saturated carbocycles. The first-order valence-corrected chi connectivity index (χ1v) is 9.07. The average Bonchev–Trinajstić information content (AvgIpc) is 3.18. The van der Waals surface area contributed by atoms with E-state index in [1.165, 1.54) is 28.4 Å². The lowest BCUT2D eigenvalue weighted by molar-refractivity contribution is 0.0972. The van der Waals surface area contributed by atoms with Gasteiger partial charge in [0.25, 0.3) is 5.91 Å². The van der Waals surface area contributed by atoms with E-state index in [1.54, 1.807) is 25.3 Å². The van der Waals surface area contributed by atoms with E-state index in [4.69, 9.17) is 4.74 Å². The molecule has 0 aliphatic carbocycles. The standard InChI is InChI=1S/C20H18FN3O2S/c1-3-14-8-10-15(11-9-14)18-22-23-20(27-18)24(12-13-26-2)19(25)16-6-4-5-7-17(16)21/h3-11H,1,12-13H2,2H3. The third-order valence-corrected chi connectivity index (χ3v) is 4.90. The first-order chi connectivity index (χ1) is 13.1. The topological polar surface area (TPSA) is 55.3 Å². The van der Waals surface area contributed by atoms with Crippen molar-refractivity contribution in [2.24, 2.45) is 0 Å². The summed E-state index contributed by atoms with van der Waals surface area (Å²) in [5.74, 6) is -1.05. The van der Waals surface area contributed by atoms with Crippen LogP contribution in [0.1, 0.15) is 15.9 Å². The second-order valence-corrected chi connectivity index (χ2v) is 6.60. The highest BCUT2D eigenvalue weighted by Crippen LogP contribution is 2.30. The number of benzene rings is 2. The average molecular weight is 383 g/mol. The van der Waals surface area contributed by atoms with Gasteiger partial charge in [-0.3, -0.25) is 9.69 Å². The molecule has 0 aliphatic rings. The lowest BCUT2D eigenvalue weighted by Crippen LogP contribution is -2.34. The van der Waals surface area contributed by atoms with Crippen LogP contribution in [0.15, 0.2) is 55.1 Å². The van der Waals surface area contributed by atoms with Gasteiger partial charge in [-0.1, -0.05) is 60.4 Å². The maximum atomic E-state index is 14.1. The molecule has 0 spiro atoms. The van der Waals surface area contributed by atoms with Gasteiger partial charge in [0.05, 0.1) is 18.7 Å². The number of nitrogens with zero attached hydrogens (tertiary/aromatic N) is 3. The summed E-state index contributed by atoms with van der Waals surface area (Å²) in [5.41, 5.74) is 1.87. The molecule has 7 heteroatoms. The molecule has 3 rings (SSSR count). The second-order valence-electron chi connectivity index (χ2n) is 5.65. The summed E-state index contributed by atoms with van der Waals surface area (Å²) < 4.78 is 19.1. The number of hydrogen-bond acceptors (Lipinski definition) is 5. The highest BCUT2D eigenvalue weighted by atomic mass is 32.1. The summed E-state index contributed by atoms with van der Waals surface area (Å²) in [6.07, 6.45) is 1.76. The second kappa shape index (κ2) is 8.66. The monoisotopic (exact) mass is 383 g/mol. The van der Waals surface area contributed by atoms with Crippen LogP contribution in [0.3, 0.4) is 0 Å². The summed E-state index contributed by atoms with van der Waals surface area (Å²) >= 11 is 1.27. The summed E-state index contributed by atoms with van der Waals surface area (Å²) in [5, 5.41) is 9.39. The highest BCUT2D eigenvalue weighted by molar-refractivity contribution is 7.18. The van der Waals surface area contributed by atoms with Crippen molar-refractivity contribution >= 4 is 28.5 Å². The van der Waals surface area contributed by atoms with E-state index in [0.717, 1.165) is 11.1 Å². The minimum absolute atomic E-state index is 0.0133. The molecule has 0 aliphatic heterocycles. The Balaban J connectivity index is 1.91. The largest absolute Gasteiger partial charge is 0.383 e. The number of carbonyl (C=O) groups excluding carboxylic acids is 1. The molecule has 0 unspecified atom stereocenters. The van der Waals surface area contributed by atoms with Crippen molar-refractivity contribution < 1.29 is 13.9 Å². The molecule has 0 atom stereocenters. The maximum Gasteiger partial charge on any atom is 0.263 e. The predicted octanol–water partition coefficient (Wildman–Crippen LogP) is 4.28. The Hall–Kier alpha value is -2.90. The van der Waals surface area contributed by atoms with Gasteiger partial charge in [-0.25, -0.2) is 4.39 Å². The number of halogens is 1. The minimum atomic E-state index is -0.574. The Bertz CT molecular complexity index is 940. The predicted molar refractivity (Wildman–Crippen MR) is 105 cm³/mol.